The molecular formula is C23H17N2O+. The molecule has 3 aromatic carbocycles. The molecule has 4 aromatic rings. The molecule has 0 bridgehead atoms. The van der Waals surface area contributed by atoms with Gasteiger partial charge >= 0.3 is 11.7 Å². The lowest BCUT2D eigenvalue weighted by Crippen LogP contribution is -2.42. The highest BCUT2D eigenvalue weighted by Gasteiger charge is 2.38. The predicted octanol–water partition coefficient (Wildman–Crippen LogP) is 4.48. The lowest BCUT2D eigenvalue weighted by molar-refractivity contribution is -0.529. The number of benzene rings is 3. The van der Waals surface area contributed by atoms with Crippen molar-refractivity contribution in [1.29, 1.82) is 0 Å². The zero-order valence-corrected chi connectivity index (χ0v) is 14.7. The number of aryl methyl sites for hydroxylation is 2. The molecule has 0 saturated carbocycles. The number of carbonyl (C=O) groups is 1. The van der Waals surface area contributed by atoms with Crippen LogP contribution in [-0.4, -0.2) is 10.9 Å². The maximum atomic E-state index is 13.0. The molecule has 0 saturated heterocycles. The maximum Gasteiger partial charge on any atom is 0.347 e. The Bertz CT molecular complexity index is 1210. The summed E-state index contributed by atoms with van der Waals surface area (Å²) in [6.07, 6.45) is 0. The van der Waals surface area contributed by atoms with Crippen LogP contribution in [0.25, 0.3) is 33.5 Å². The Morgan fingerprint density at radius 1 is 0.808 bits per heavy atom. The average Bonchev–Trinajstić information content (AvgIpc) is 2.94. The average molecular weight is 337 g/mol. The zero-order valence-electron chi connectivity index (χ0n) is 14.7. The number of aromatic nitrogens is 2. The van der Waals surface area contributed by atoms with Gasteiger partial charge in [0.1, 0.15) is 5.52 Å². The largest absolute Gasteiger partial charge is 0.347 e. The summed E-state index contributed by atoms with van der Waals surface area (Å²) < 4.78 is 1.75. The second-order valence-corrected chi connectivity index (χ2v) is 6.86. The third-order valence-corrected chi connectivity index (χ3v) is 5.00. The Morgan fingerprint density at radius 3 is 2.27 bits per heavy atom. The molecule has 1 aliphatic rings. The van der Waals surface area contributed by atoms with Crippen LogP contribution in [0.1, 0.15) is 21.5 Å². The minimum Gasteiger partial charge on any atom is -0.240 e. The minimum absolute atomic E-state index is 0.00703. The van der Waals surface area contributed by atoms with Crippen LogP contribution in [0.4, 0.5) is 0 Å². The van der Waals surface area contributed by atoms with Crippen molar-refractivity contribution in [3.8, 4) is 22.6 Å². The van der Waals surface area contributed by atoms with Gasteiger partial charge in [0, 0.05) is 5.56 Å². The van der Waals surface area contributed by atoms with Crippen molar-refractivity contribution in [2.75, 3.05) is 0 Å². The van der Waals surface area contributed by atoms with E-state index in [4.69, 9.17) is 4.98 Å². The summed E-state index contributed by atoms with van der Waals surface area (Å²) >= 11 is 0. The smallest absolute Gasteiger partial charge is 0.240 e. The van der Waals surface area contributed by atoms with Gasteiger partial charge in [0.15, 0.2) is 5.69 Å². The molecule has 0 aliphatic carbocycles. The van der Waals surface area contributed by atoms with E-state index in [1.807, 2.05) is 36.4 Å². The number of hydrogen-bond acceptors (Lipinski definition) is 2. The molecule has 2 heterocycles. The second kappa shape index (κ2) is 5.33. The first-order chi connectivity index (χ1) is 12.6. The summed E-state index contributed by atoms with van der Waals surface area (Å²) in [5, 5.41) is 0.999. The highest BCUT2D eigenvalue weighted by atomic mass is 16.2. The quantitative estimate of drug-likeness (QED) is 0.423. The highest BCUT2D eigenvalue weighted by Crippen LogP contribution is 2.33. The number of nitrogens with zero attached hydrogens (tertiary/aromatic N) is 2. The number of fused-ring (bicyclic) bond motifs is 5. The van der Waals surface area contributed by atoms with Gasteiger partial charge in [-0.1, -0.05) is 53.6 Å². The molecule has 0 amide bonds. The van der Waals surface area contributed by atoms with Crippen molar-refractivity contribution in [3.05, 3.63) is 83.4 Å². The van der Waals surface area contributed by atoms with Gasteiger partial charge in [0.25, 0.3) is 0 Å². The fourth-order valence-corrected chi connectivity index (χ4v) is 3.67. The Balaban J connectivity index is 1.92. The minimum atomic E-state index is -0.00703. The van der Waals surface area contributed by atoms with Crippen molar-refractivity contribution in [2.45, 2.75) is 13.8 Å². The van der Waals surface area contributed by atoms with Crippen LogP contribution in [0.5, 0.6) is 0 Å². The van der Waals surface area contributed by atoms with Gasteiger partial charge in [-0.05, 0) is 43.1 Å². The fourth-order valence-electron chi connectivity index (χ4n) is 3.67. The first kappa shape index (κ1) is 15.0. The molecule has 1 aromatic heterocycles. The number of hydrogen-bond donors (Lipinski definition) is 0. The van der Waals surface area contributed by atoms with Crippen LogP contribution < -0.4 is 4.57 Å². The molecule has 0 radical (unpaired) electrons. The third kappa shape index (κ3) is 2.04. The fraction of sp³-hybridized carbons (Fsp3) is 0.0870. The molecule has 1 aliphatic heterocycles. The Kier molecular flexibility index (Phi) is 3.07. The molecule has 0 atom stereocenters. The van der Waals surface area contributed by atoms with Crippen LogP contribution in [0, 0.1) is 13.8 Å². The van der Waals surface area contributed by atoms with E-state index < -0.39 is 0 Å². The van der Waals surface area contributed by atoms with Gasteiger partial charge < -0.3 is 0 Å². The summed E-state index contributed by atoms with van der Waals surface area (Å²) in [5.41, 5.74) is 6.85. The van der Waals surface area contributed by atoms with E-state index >= 15 is 0 Å². The van der Waals surface area contributed by atoms with E-state index in [1.165, 1.54) is 5.56 Å². The van der Waals surface area contributed by atoms with Crippen molar-refractivity contribution >= 4 is 16.8 Å². The monoisotopic (exact) mass is 337 g/mol. The SMILES string of the molecule is Cc1ccc(-c2nc3[n+](c4ccc(C)cc24)C(=O)c2ccccc2-3)cc1. The van der Waals surface area contributed by atoms with E-state index in [2.05, 4.69) is 44.2 Å². The van der Waals surface area contributed by atoms with Crippen LogP contribution in [0.15, 0.2) is 66.7 Å². The second-order valence-electron chi connectivity index (χ2n) is 6.86. The Hall–Kier alpha value is -3.33. The van der Waals surface area contributed by atoms with Crippen LogP contribution in [-0.2, 0) is 0 Å². The molecule has 26 heavy (non-hydrogen) atoms. The van der Waals surface area contributed by atoms with Gasteiger partial charge in [-0.2, -0.15) is 4.57 Å². The Labute approximate surface area is 151 Å². The Morgan fingerprint density at radius 2 is 1.50 bits per heavy atom. The van der Waals surface area contributed by atoms with Crippen LogP contribution >= 0.6 is 0 Å². The van der Waals surface area contributed by atoms with Crippen molar-refractivity contribution in [1.82, 2.24) is 4.98 Å². The summed E-state index contributed by atoms with van der Waals surface area (Å²) in [6, 6.07) is 22.3. The molecule has 0 N–H and O–H groups in total. The number of carbonyl (C=O) groups excluding carboxylic acids is 1. The standard InChI is InChI=1S/C23H17N2O/c1-14-7-10-16(11-8-14)21-19-13-15(2)9-12-20(19)25-22(24-21)17-5-3-4-6-18(17)23(25)26/h3-13H,1-2H3/q+1. The molecule has 5 rings (SSSR count). The van der Waals surface area contributed by atoms with E-state index in [-0.39, 0.29) is 5.91 Å². The molecule has 124 valence electrons. The van der Waals surface area contributed by atoms with Crippen molar-refractivity contribution in [3.63, 3.8) is 0 Å². The number of rotatable bonds is 1. The molecule has 3 nitrogen and oxygen atoms in total. The highest BCUT2D eigenvalue weighted by molar-refractivity contribution is 6.03. The van der Waals surface area contributed by atoms with Gasteiger partial charge in [0.05, 0.1) is 16.5 Å². The summed E-state index contributed by atoms with van der Waals surface area (Å²) in [6.45, 7) is 4.14. The van der Waals surface area contributed by atoms with Crippen molar-refractivity contribution in [2.24, 2.45) is 0 Å². The first-order valence-corrected chi connectivity index (χ1v) is 8.71. The van der Waals surface area contributed by atoms with Crippen LogP contribution in [0.3, 0.4) is 0 Å². The summed E-state index contributed by atoms with van der Waals surface area (Å²) in [4.78, 5) is 18.0. The van der Waals surface area contributed by atoms with Gasteiger partial charge in [0.2, 0.25) is 0 Å². The third-order valence-electron chi connectivity index (χ3n) is 5.00. The lowest BCUT2D eigenvalue weighted by Gasteiger charge is -2.06. The van der Waals surface area contributed by atoms with E-state index in [9.17, 15) is 4.79 Å². The van der Waals surface area contributed by atoms with Gasteiger partial charge in [-0.25, -0.2) is 4.79 Å². The zero-order chi connectivity index (χ0) is 17.8. The molecule has 0 fully saturated rings. The summed E-state index contributed by atoms with van der Waals surface area (Å²) in [5.74, 6) is 0.713. The van der Waals surface area contributed by atoms with E-state index in [0.29, 0.717) is 5.56 Å². The van der Waals surface area contributed by atoms with Crippen molar-refractivity contribution < 1.29 is 9.36 Å². The topological polar surface area (TPSA) is 33.8 Å². The molecule has 0 unspecified atom stereocenters. The first-order valence-electron chi connectivity index (χ1n) is 8.71. The normalized spacial score (nSPS) is 12.3. The van der Waals surface area contributed by atoms with Gasteiger partial charge in [-0.15, -0.1) is 0 Å². The molecular weight excluding hydrogens is 320 g/mol. The van der Waals surface area contributed by atoms with E-state index in [1.54, 1.807) is 4.57 Å². The summed E-state index contributed by atoms with van der Waals surface area (Å²) in [7, 11) is 0. The van der Waals surface area contributed by atoms with Gasteiger partial charge in [-0.3, -0.25) is 0 Å². The predicted molar refractivity (Wildman–Crippen MR) is 102 cm³/mol. The molecule has 0 spiro atoms. The molecule has 3 heteroatoms. The van der Waals surface area contributed by atoms with Crippen LogP contribution in [0.2, 0.25) is 0 Å². The van der Waals surface area contributed by atoms with E-state index in [0.717, 1.165) is 39.1 Å². The maximum absolute atomic E-state index is 13.0. The lowest BCUT2D eigenvalue weighted by atomic mass is 10.0.